The first-order valence-corrected chi connectivity index (χ1v) is 8.37. The molecule has 0 atom stereocenters. The van der Waals surface area contributed by atoms with Crippen molar-refractivity contribution in [3.63, 3.8) is 0 Å². The molecule has 0 aliphatic carbocycles. The van der Waals surface area contributed by atoms with Crippen molar-refractivity contribution in [1.29, 1.82) is 0 Å². The summed E-state index contributed by atoms with van der Waals surface area (Å²) in [6, 6.07) is 9.64. The van der Waals surface area contributed by atoms with Gasteiger partial charge in [0.1, 0.15) is 0 Å². The fourth-order valence-corrected chi connectivity index (χ4v) is 3.21. The van der Waals surface area contributed by atoms with E-state index in [0.717, 1.165) is 11.3 Å². The molecule has 2 rings (SSSR count). The van der Waals surface area contributed by atoms with Crippen LogP contribution >= 0.6 is 0 Å². The van der Waals surface area contributed by atoms with Crippen molar-refractivity contribution >= 4 is 10.0 Å². The van der Waals surface area contributed by atoms with Crippen LogP contribution in [0.1, 0.15) is 16.8 Å². The second-order valence-electron chi connectivity index (χ2n) is 4.97. The van der Waals surface area contributed by atoms with Gasteiger partial charge in [-0.1, -0.05) is 24.3 Å². The number of H-pyrrole nitrogens is 1. The van der Waals surface area contributed by atoms with E-state index in [0.29, 0.717) is 19.5 Å². The van der Waals surface area contributed by atoms with Crippen molar-refractivity contribution in [1.82, 2.24) is 15.0 Å². The molecule has 0 bridgehead atoms. The fraction of sp³-hybridized carbons (Fsp3) is 0.333. The van der Waals surface area contributed by atoms with Gasteiger partial charge in [0.25, 0.3) is 0 Å². The Balaban J connectivity index is 1.96. The van der Waals surface area contributed by atoms with Crippen LogP contribution in [-0.4, -0.2) is 27.0 Å². The maximum atomic E-state index is 12.2. The quantitative estimate of drug-likeness (QED) is 0.727. The maximum Gasteiger partial charge on any atom is 0.242 e. The van der Waals surface area contributed by atoms with E-state index in [9.17, 15) is 8.42 Å². The van der Waals surface area contributed by atoms with Gasteiger partial charge in [0.2, 0.25) is 10.0 Å². The Morgan fingerprint density at radius 1 is 1.24 bits per heavy atom. The smallest absolute Gasteiger partial charge is 0.242 e. The van der Waals surface area contributed by atoms with Crippen LogP contribution in [0, 0.1) is 6.92 Å². The molecular weight excluding hydrogens is 286 g/mol. The molecule has 0 fully saturated rings. The minimum absolute atomic E-state index is 0.275. The lowest BCUT2D eigenvalue weighted by atomic mass is 10.1. The number of benzene rings is 1. The van der Waals surface area contributed by atoms with Crippen LogP contribution < -0.4 is 10.0 Å². The monoisotopic (exact) mass is 307 g/mol. The highest BCUT2D eigenvalue weighted by molar-refractivity contribution is 7.89. The van der Waals surface area contributed by atoms with Gasteiger partial charge in [-0.15, -0.1) is 0 Å². The van der Waals surface area contributed by atoms with Crippen molar-refractivity contribution in [2.75, 3.05) is 13.6 Å². The van der Waals surface area contributed by atoms with Crippen LogP contribution in [0.25, 0.3) is 0 Å². The average Bonchev–Trinajstić information content (AvgIpc) is 2.91. The van der Waals surface area contributed by atoms with Gasteiger partial charge in [-0.2, -0.15) is 0 Å². The van der Waals surface area contributed by atoms with Crippen LogP contribution in [0.2, 0.25) is 0 Å². The van der Waals surface area contributed by atoms with Gasteiger partial charge in [-0.05, 0) is 37.6 Å². The molecule has 1 aromatic carbocycles. The number of hydrogen-bond donors (Lipinski definition) is 3. The van der Waals surface area contributed by atoms with E-state index in [1.54, 1.807) is 6.07 Å². The number of aromatic amines is 1. The molecule has 0 spiro atoms. The molecule has 0 aliphatic heterocycles. The van der Waals surface area contributed by atoms with Gasteiger partial charge in [-0.25, -0.2) is 13.1 Å². The predicted molar refractivity (Wildman–Crippen MR) is 83.6 cm³/mol. The Hall–Kier alpha value is -1.63. The summed E-state index contributed by atoms with van der Waals surface area (Å²) in [7, 11) is -1.63. The minimum atomic E-state index is -3.45. The average molecular weight is 307 g/mol. The van der Waals surface area contributed by atoms with E-state index in [1.165, 1.54) is 11.8 Å². The highest BCUT2D eigenvalue weighted by atomic mass is 32.2. The van der Waals surface area contributed by atoms with Crippen molar-refractivity contribution in [2.45, 2.75) is 24.8 Å². The number of hydrogen-bond acceptors (Lipinski definition) is 3. The molecule has 6 heteroatoms. The molecule has 0 amide bonds. The molecule has 0 saturated heterocycles. The van der Waals surface area contributed by atoms with E-state index in [-0.39, 0.29) is 4.90 Å². The van der Waals surface area contributed by atoms with E-state index in [4.69, 9.17) is 0 Å². The molecular formula is C15H21N3O2S. The van der Waals surface area contributed by atoms with Crippen molar-refractivity contribution in [3.8, 4) is 0 Å². The normalized spacial score (nSPS) is 11.7. The van der Waals surface area contributed by atoms with Crippen LogP contribution in [0.3, 0.4) is 0 Å². The van der Waals surface area contributed by atoms with Gasteiger partial charge < -0.3 is 10.3 Å². The zero-order chi connectivity index (χ0) is 15.3. The second-order valence-corrected chi connectivity index (χ2v) is 6.73. The second kappa shape index (κ2) is 6.89. The minimum Gasteiger partial charge on any atom is -0.363 e. The zero-order valence-corrected chi connectivity index (χ0v) is 13.1. The third-order valence-corrected chi connectivity index (χ3v) is 4.78. The third-order valence-electron chi connectivity index (χ3n) is 3.34. The van der Waals surface area contributed by atoms with Gasteiger partial charge in [0.05, 0.1) is 4.90 Å². The highest BCUT2D eigenvalue weighted by Crippen LogP contribution is 2.11. The van der Waals surface area contributed by atoms with Gasteiger partial charge >= 0.3 is 0 Å². The highest BCUT2D eigenvalue weighted by Gasteiger charge is 2.15. The Morgan fingerprint density at radius 2 is 2.00 bits per heavy atom. The summed E-state index contributed by atoms with van der Waals surface area (Å²) in [6.07, 6.45) is 2.20. The van der Waals surface area contributed by atoms with E-state index >= 15 is 0 Å². The Morgan fingerprint density at radius 3 is 2.71 bits per heavy atom. The maximum absolute atomic E-state index is 12.2. The van der Waals surface area contributed by atoms with Gasteiger partial charge in [-0.3, -0.25) is 0 Å². The lowest BCUT2D eigenvalue weighted by Gasteiger charge is -2.07. The van der Waals surface area contributed by atoms with Crippen LogP contribution in [0.15, 0.2) is 41.4 Å². The number of aromatic nitrogens is 1. The third kappa shape index (κ3) is 4.17. The SMILES string of the molecule is CNCc1cc(S(=O)(=O)NCCc2ccccc2C)c[nH]1. The van der Waals surface area contributed by atoms with Crippen LogP contribution in [0.4, 0.5) is 0 Å². The number of aryl methyl sites for hydroxylation is 1. The summed E-state index contributed by atoms with van der Waals surface area (Å²) < 4.78 is 27.0. The lowest BCUT2D eigenvalue weighted by molar-refractivity contribution is 0.581. The van der Waals surface area contributed by atoms with Crippen LogP contribution in [0.5, 0.6) is 0 Å². The van der Waals surface area contributed by atoms with E-state index in [1.807, 2.05) is 38.2 Å². The summed E-state index contributed by atoms with van der Waals surface area (Å²) in [5, 5.41) is 2.97. The van der Waals surface area contributed by atoms with Crippen molar-refractivity contribution in [2.24, 2.45) is 0 Å². The molecule has 0 aliphatic rings. The number of nitrogens with one attached hydrogen (secondary N) is 3. The number of rotatable bonds is 7. The summed E-state index contributed by atoms with van der Waals surface area (Å²) in [6.45, 7) is 3.03. The molecule has 21 heavy (non-hydrogen) atoms. The first-order chi connectivity index (χ1) is 10.0. The summed E-state index contributed by atoms with van der Waals surface area (Å²) in [5.74, 6) is 0. The number of sulfonamides is 1. The molecule has 0 saturated carbocycles. The van der Waals surface area contributed by atoms with Gasteiger partial charge in [0, 0.05) is 25.0 Å². The molecule has 0 unspecified atom stereocenters. The first-order valence-electron chi connectivity index (χ1n) is 6.89. The molecule has 5 nitrogen and oxygen atoms in total. The standard InChI is InChI=1S/C15H21N3O2S/c1-12-5-3-4-6-13(12)7-8-18-21(19,20)15-9-14(10-16-2)17-11-15/h3-6,9,11,16-18H,7-8,10H2,1-2H3. The van der Waals surface area contributed by atoms with Crippen molar-refractivity contribution < 1.29 is 8.42 Å². The van der Waals surface area contributed by atoms with Crippen molar-refractivity contribution in [3.05, 3.63) is 53.3 Å². The molecule has 3 N–H and O–H groups in total. The molecule has 1 aromatic heterocycles. The molecule has 0 radical (unpaired) electrons. The van der Waals surface area contributed by atoms with E-state index in [2.05, 4.69) is 15.0 Å². The Labute approximate surface area is 125 Å². The topological polar surface area (TPSA) is 74.0 Å². The largest absolute Gasteiger partial charge is 0.363 e. The Kier molecular flexibility index (Phi) is 5.17. The lowest BCUT2D eigenvalue weighted by Crippen LogP contribution is -2.25. The molecule has 1 heterocycles. The molecule has 114 valence electrons. The summed E-state index contributed by atoms with van der Waals surface area (Å²) in [5.41, 5.74) is 3.18. The summed E-state index contributed by atoms with van der Waals surface area (Å²) >= 11 is 0. The predicted octanol–water partition coefficient (Wildman–Crippen LogP) is 1.56. The zero-order valence-electron chi connectivity index (χ0n) is 12.3. The van der Waals surface area contributed by atoms with Crippen LogP contribution in [-0.2, 0) is 23.0 Å². The fourth-order valence-electron chi connectivity index (χ4n) is 2.16. The first kappa shape index (κ1) is 15.8. The molecule has 2 aromatic rings. The summed E-state index contributed by atoms with van der Waals surface area (Å²) in [4.78, 5) is 3.22. The van der Waals surface area contributed by atoms with E-state index < -0.39 is 10.0 Å². The Bertz CT molecular complexity index is 692. The van der Waals surface area contributed by atoms with Gasteiger partial charge in [0.15, 0.2) is 0 Å².